The van der Waals surface area contributed by atoms with Crippen molar-refractivity contribution in [1.29, 1.82) is 0 Å². The number of hydrogen-bond donors (Lipinski definition) is 3. The minimum Gasteiger partial charge on any atom is -0.378 e. The number of carbonyl (C=O) groups excluding carboxylic acids is 1. The second kappa shape index (κ2) is 10.1. The predicted octanol–water partition coefficient (Wildman–Crippen LogP) is 2.19. The first-order chi connectivity index (χ1) is 17.2. The maximum absolute atomic E-state index is 12.2. The molecule has 5 N–H and O–H groups in total. The smallest absolute Gasteiger partial charge is 0.219 e. The van der Waals surface area contributed by atoms with Crippen molar-refractivity contribution < 1.29 is 9.53 Å². The second-order valence-corrected chi connectivity index (χ2v) is 8.38. The molecule has 5 rings (SSSR count). The Balaban J connectivity index is 1.52. The molecule has 35 heavy (non-hydrogen) atoms. The molecule has 2 aliphatic rings. The molecule has 0 radical (unpaired) electrons. The number of aromatic nitrogens is 3. The molecule has 1 unspecified atom stereocenters. The van der Waals surface area contributed by atoms with Crippen LogP contribution in [0, 0.1) is 0 Å². The summed E-state index contributed by atoms with van der Waals surface area (Å²) in [7, 11) is 0. The van der Waals surface area contributed by atoms with Gasteiger partial charge in [-0.05, 0) is 42.0 Å². The Morgan fingerprint density at radius 1 is 1.14 bits per heavy atom. The molecule has 0 spiro atoms. The maximum atomic E-state index is 12.2. The lowest BCUT2D eigenvalue weighted by molar-refractivity contribution is -0.111. The summed E-state index contributed by atoms with van der Waals surface area (Å²) in [6.07, 6.45) is 8.09. The van der Waals surface area contributed by atoms with Gasteiger partial charge in [0.2, 0.25) is 5.95 Å². The number of fused-ring (bicyclic) bond motifs is 1. The van der Waals surface area contributed by atoms with Gasteiger partial charge in [0.15, 0.2) is 0 Å². The van der Waals surface area contributed by atoms with E-state index in [4.69, 9.17) is 21.2 Å². The number of anilines is 4. The maximum Gasteiger partial charge on any atom is 0.219 e. The molecular weight excluding hydrogens is 444 g/mol. The van der Waals surface area contributed by atoms with Crippen molar-refractivity contribution >= 4 is 35.5 Å². The van der Waals surface area contributed by atoms with E-state index in [1.54, 1.807) is 12.4 Å². The summed E-state index contributed by atoms with van der Waals surface area (Å²) in [5, 5.41) is 3.44. The van der Waals surface area contributed by atoms with E-state index in [1.807, 2.05) is 35.4 Å². The normalized spacial score (nSPS) is 17.2. The van der Waals surface area contributed by atoms with Crippen molar-refractivity contribution in [2.45, 2.75) is 6.04 Å². The largest absolute Gasteiger partial charge is 0.378 e. The van der Waals surface area contributed by atoms with Crippen LogP contribution >= 0.6 is 0 Å². The fourth-order valence-corrected chi connectivity index (χ4v) is 4.39. The monoisotopic (exact) mass is 472 g/mol. The Labute approximate surface area is 203 Å². The summed E-state index contributed by atoms with van der Waals surface area (Å²) in [5.74, 6) is 0.792. The van der Waals surface area contributed by atoms with Crippen molar-refractivity contribution in [3.63, 3.8) is 0 Å². The van der Waals surface area contributed by atoms with E-state index in [0.717, 1.165) is 60.7 Å². The molecule has 1 fully saturated rings. The van der Waals surface area contributed by atoms with Crippen molar-refractivity contribution in [3.05, 3.63) is 60.1 Å². The molecule has 1 atom stereocenters. The average molecular weight is 473 g/mol. The zero-order chi connectivity index (χ0) is 24.2. The van der Waals surface area contributed by atoms with Crippen LogP contribution < -0.4 is 21.7 Å². The van der Waals surface area contributed by atoms with E-state index in [1.165, 1.54) is 0 Å². The summed E-state index contributed by atoms with van der Waals surface area (Å²) in [6, 6.07) is 9.63. The van der Waals surface area contributed by atoms with E-state index in [9.17, 15) is 4.79 Å². The summed E-state index contributed by atoms with van der Waals surface area (Å²) in [5.41, 5.74) is 16.6. The second-order valence-electron chi connectivity index (χ2n) is 8.38. The van der Waals surface area contributed by atoms with Crippen LogP contribution in [0.3, 0.4) is 0 Å². The third-order valence-electron chi connectivity index (χ3n) is 6.18. The van der Waals surface area contributed by atoms with Crippen molar-refractivity contribution in [3.8, 4) is 11.3 Å². The number of nitrogen functional groups attached to an aromatic ring is 1. The first kappa shape index (κ1) is 22.8. The minimum atomic E-state index is -0.502. The fraction of sp³-hybridized carbons (Fsp3) is 0.280. The lowest BCUT2D eigenvalue weighted by Crippen LogP contribution is -2.36. The molecule has 1 aromatic carbocycles. The van der Waals surface area contributed by atoms with Crippen LogP contribution in [0.4, 0.5) is 23.1 Å². The highest BCUT2D eigenvalue weighted by Crippen LogP contribution is 2.37. The molecule has 3 aromatic rings. The number of morpholine rings is 1. The van der Waals surface area contributed by atoms with Gasteiger partial charge in [-0.25, -0.2) is 15.0 Å². The number of nitrogens with two attached hydrogens (primary N) is 2. The highest BCUT2D eigenvalue weighted by molar-refractivity contribution is 5.80. The van der Waals surface area contributed by atoms with Crippen LogP contribution in [-0.4, -0.2) is 65.5 Å². The molecule has 0 aliphatic carbocycles. The molecule has 1 saturated heterocycles. The number of nitrogens with one attached hydrogen (secondary N) is 1. The van der Waals surface area contributed by atoms with E-state index in [2.05, 4.69) is 32.3 Å². The molecule has 0 bridgehead atoms. The first-order valence-electron chi connectivity index (χ1n) is 11.6. The third kappa shape index (κ3) is 4.79. The van der Waals surface area contributed by atoms with Crippen molar-refractivity contribution in [1.82, 2.24) is 19.9 Å². The molecule has 0 amide bonds. The summed E-state index contributed by atoms with van der Waals surface area (Å²) >= 11 is 0. The quantitative estimate of drug-likeness (QED) is 0.439. The Hall–Kier alpha value is -4.02. The van der Waals surface area contributed by atoms with E-state index < -0.39 is 6.04 Å². The molecular formula is C25H28N8O2. The summed E-state index contributed by atoms with van der Waals surface area (Å²) < 4.78 is 5.45. The van der Waals surface area contributed by atoms with Gasteiger partial charge in [0, 0.05) is 67.3 Å². The number of pyridine rings is 1. The number of benzene rings is 1. The van der Waals surface area contributed by atoms with E-state index in [-0.39, 0.29) is 5.95 Å². The van der Waals surface area contributed by atoms with Crippen LogP contribution in [0.15, 0.2) is 48.9 Å². The third-order valence-corrected chi connectivity index (χ3v) is 6.18. The minimum absolute atomic E-state index is 0.198. The first-order valence-corrected chi connectivity index (χ1v) is 11.6. The predicted molar refractivity (Wildman–Crippen MR) is 136 cm³/mol. The molecule has 0 saturated carbocycles. The van der Waals surface area contributed by atoms with Gasteiger partial charge >= 0.3 is 0 Å². The van der Waals surface area contributed by atoms with Crippen LogP contribution in [0.1, 0.15) is 17.2 Å². The topological polar surface area (TPSA) is 136 Å². The number of aldehydes is 1. The number of nitrogens with zero attached hydrogens (tertiary/aromatic N) is 5. The standard InChI is InChI=1S/C25H28N8O2/c26-6-8-33-7-5-17-13-21(18-14-28-25(27)29-15-18)31-24(23(17)22(33)16-34)30-19-1-3-20(4-2-19)32-9-11-35-12-10-32/h1-5,7,13-16,22H,6,8-12,26H2,(H,30,31)(H2,27,28,29). The van der Waals surface area contributed by atoms with Gasteiger partial charge in [0.25, 0.3) is 0 Å². The zero-order valence-electron chi connectivity index (χ0n) is 19.3. The van der Waals surface area contributed by atoms with E-state index >= 15 is 0 Å². The number of hydrogen-bond acceptors (Lipinski definition) is 10. The lowest BCUT2D eigenvalue weighted by atomic mass is 9.95. The van der Waals surface area contributed by atoms with Gasteiger partial charge in [-0.15, -0.1) is 0 Å². The highest BCUT2D eigenvalue weighted by Gasteiger charge is 2.28. The van der Waals surface area contributed by atoms with Crippen LogP contribution in [-0.2, 0) is 9.53 Å². The van der Waals surface area contributed by atoms with Crippen LogP contribution in [0.2, 0.25) is 0 Å². The van der Waals surface area contributed by atoms with Gasteiger partial charge < -0.3 is 36.1 Å². The Morgan fingerprint density at radius 3 is 2.57 bits per heavy atom. The molecule has 2 aromatic heterocycles. The number of rotatable bonds is 7. The number of ether oxygens (including phenoxy) is 1. The van der Waals surface area contributed by atoms with Crippen LogP contribution in [0.25, 0.3) is 17.3 Å². The van der Waals surface area contributed by atoms with Gasteiger partial charge in [0.05, 0.1) is 18.9 Å². The van der Waals surface area contributed by atoms with Gasteiger partial charge in [-0.3, -0.25) is 0 Å². The molecule has 10 nitrogen and oxygen atoms in total. The van der Waals surface area contributed by atoms with Crippen molar-refractivity contribution in [2.75, 3.05) is 55.3 Å². The Morgan fingerprint density at radius 2 is 1.89 bits per heavy atom. The molecule has 4 heterocycles. The van der Waals surface area contributed by atoms with Gasteiger partial charge in [-0.2, -0.15) is 0 Å². The van der Waals surface area contributed by atoms with Gasteiger partial charge in [0.1, 0.15) is 18.1 Å². The molecule has 10 heteroatoms. The summed E-state index contributed by atoms with van der Waals surface area (Å²) in [4.78, 5) is 29.5. The highest BCUT2D eigenvalue weighted by atomic mass is 16.5. The van der Waals surface area contributed by atoms with E-state index in [0.29, 0.717) is 24.6 Å². The van der Waals surface area contributed by atoms with Crippen molar-refractivity contribution in [2.24, 2.45) is 5.73 Å². The lowest BCUT2D eigenvalue weighted by Gasteiger charge is -2.32. The Bertz CT molecular complexity index is 1210. The summed E-state index contributed by atoms with van der Waals surface area (Å²) in [6.45, 7) is 4.20. The van der Waals surface area contributed by atoms with Gasteiger partial charge in [-0.1, -0.05) is 0 Å². The molecule has 2 aliphatic heterocycles. The fourth-order valence-electron chi connectivity index (χ4n) is 4.39. The SMILES string of the molecule is NCCN1C=Cc2cc(-c3cnc(N)nc3)nc(Nc3ccc(N4CCOCC4)cc3)c2C1C=O. The Kier molecular flexibility index (Phi) is 6.55. The molecule has 180 valence electrons. The average Bonchev–Trinajstić information content (AvgIpc) is 2.90. The zero-order valence-corrected chi connectivity index (χ0v) is 19.3. The van der Waals surface area contributed by atoms with Crippen LogP contribution in [0.5, 0.6) is 0 Å². The number of carbonyl (C=O) groups is 1.